The number of aliphatic hydroxyl groups is 1. The number of aliphatic hydroxyl groups excluding tert-OH is 1. The fourth-order valence-electron chi connectivity index (χ4n) is 2.26. The number of nitrogens with zero attached hydrogens (tertiary/aromatic N) is 3. The minimum Gasteiger partial charge on any atom is -0.389 e. The summed E-state index contributed by atoms with van der Waals surface area (Å²) in [6, 6.07) is 10.0. The molecule has 0 aliphatic carbocycles. The normalized spacial score (nSPS) is 13.0. The molecule has 5 heteroatoms. The monoisotopic (exact) mass is 303 g/mol. The summed E-state index contributed by atoms with van der Waals surface area (Å²) >= 11 is 0. The van der Waals surface area contributed by atoms with Crippen LogP contribution in [0.15, 0.2) is 42.7 Å². The summed E-state index contributed by atoms with van der Waals surface area (Å²) in [4.78, 5) is 2.07. The van der Waals surface area contributed by atoms with Gasteiger partial charge < -0.3 is 9.84 Å². The zero-order valence-electron chi connectivity index (χ0n) is 13.5. The van der Waals surface area contributed by atoms with E-state index in [2.05, 4.69) is 10.00 Å². The van der Waals surface area contributed by atoms with E-state index in [0.29, 0.717) is 13.2 Å². The summed E-state index contributed by atoms with van der Waals surface area (Å²) < 4.78 is 7.29. The lowest BCUT2D eigenvalue weighted by Gasteiger charge is -2.20. The van der Waals surface area contributed by atoms with E-state index in [-0.39, 0.29) is 6.10 Å². The van der Waals surface area contributed by atoms with Crippen molar-refractivity contribution in [3.8, 4) is 5.69 Å². The fraction of sp³-hybridized carbons (Fsp3) is 0.471. The summed E-state index contributed by atoms with van der Waals surface area (Å²) in [6.07, 6.45) is 3.55. The maximum atomic E-state index is 9.94. The molecule has 0 bridgehead atoms. The fourth-order valence-corrected chi connectivity index (χ4v) is 2.26. The molecule has 2 rings (SSSR count). The van der Waals surface area contributed by atoms with Gasteiger partial charge in [0.15, 0.2) is 0 Å². The van der Waals surface area contributed by atoms with E-state index >= 15 is 0 Å². The molecule has 0 fully saturated rings. The molecule has 0 saturated carbocycles. The predicted octanol–water partition coefficient (Wildman–Crippen LogP) is 2.09. The van der Waals surface area contributed by atoms with Gasteiger partial charge in [-0.2, -0.15) is 5.10 Å². The van der Waals surface area contributed by atoms with Crippen LogP contribution in [-0.4, -0.2) is 52.2 Å². The Bertz CT molecular complexity index is 554. The first-order chi connectivity index (χ1) is 10.5. The predicted molar refractivity (Wildman–Crippen MR) is 87.0 cm³/mol. The van der Waals surface area contributed by atoms with Gasteiger partial charge in [-0.15, -0.1) is 0 Å². The second-order valence-corrected chi connectivity index (χ2v) is 5.86. The van der Waals surface area contributed by atoms with Crippen molar-refractivity contribution in [2.75, 3.05) is 20.2 Å². The van der Waals surface area contributed by atoms with Crippen LogP contribution in [-0.2, 0) is 11.3 Å². The molecule has 0 spiro atoms. The highest BCUT2D eigenvalue weighted by Gasteiger charge is 2.11. The first-order valence-electron chi connectivity index (χ1n) is 7.62. The second-order valence-electron chi connectivity index (χ2n) is 5.86. The van der Waals surface area contributed by atoms with Crippen molar-refractivity contribution in [2.24, 2.45) is 0 Å². The average Bonchev–Trinajstić information content (AvgIpc) is 2.94. The minimum absolute atomic E-state index is 0.143. The lowest BCUT2D eigenvalue weighted by molar-refractivity contribution is -0.00634. The summed E-state index contributed by atoms with van der Waals surface area (Å²) in [5.41, 5.74) is 2.16. The standard InChI is InChI=1S/C17H25N3O2/c1-14(2)22-13-17(21)12-19(3)10-15-9-18-20(11-15)16-7-5-4-6-8-16/h4-9,11,14,17,21H,10,12-13H2,1-3H3. The van der Waals surface area contributed by atoms with E-state index in [9.17, 15) is 5.11 Å². The van der Waals surface area contributed by atoms with Gasteiger partial charge in [0.1, 0.15) is 0 Å². The van der Waals surface area contributed by atoms with Crippen LogP contribution in [0.1, 0.15) is 19.4 Å². The number of rotatable bonds is 8. The summed E-state index contributed by atoms with van der Waals surface area (Å²) in [6.45, 7) is 5.61. The van der Waals surface area contributed by atoms with E-state index in [1.165, 1.54) is 0 Å². The third kappa shape index (κ3) is 5.26. The molecule has 2 aromatic rings. The molecule has 5 nitrogen and oxygen atoms in total. The van der Waals surface area contributed by atoms with E-state index in [4.69, 9.17) is 4.74 Å². The first kappa shape index (κ1) is 16.7. The van der Waals surface area contributed by atoms with Gasteiger partial charge >= 0.3 is 0 Å². The largest absolute Gasteiger partial charge is 0.389 e. The highest BCUT2D eigenvalue weighted by molar-refractivity contribution is 5.30. The van der Waals surface area contributed by atoms with E-state index in [0.717, 1.165) is 17.8 Å². The van der Waals surface area contributed by atoms with Crippen LogP contribution < -0.4 is 0 Å². The molecule has 1 atom stereocenters. The van der Waals surface area contributed by atoms with E-state index < -0.39 is 6.10 Å². The molecular weight excluding hydrogens is 278 g/mol. The molecule has 0 amide bonds. The second kappa shape index (κ2) is 8.08. The van der Waals surface area contributed by atoms with Gasteiger partial charge in [-0.05, 0) is 33.0 Å². The quantitative estimate of drug-likeness (QED) is 0.811. The van der Waals surface area contributed by atoms with Crippen molar-refractivity contribution in [2.45, 2.75) is 32.6 Å². The van der Waals surface area contributed by atoms with Gasteiger partial charge in [0, 0.05) is 24.8 Å². The molecule has 1 aromatic heterocycles. The first-order valence-corrected chi connectivity index (χ1v) is 7.62. The molecule has 0 saturated heterocycles. The Morgan fingerprint density at radius 2 is 2.00 bits per heavy atom. The zero-order valence-corrected chi connectivity index (χ0v) is 13.5. The smallest absolute Gasteiger partial charge is 0.0900 e. The van der Waals surface area contributed by atoms with Gasteiger partial charge in [0.2, 0.25) is 0 Å². The highest BCUT2D eigenvalue weighted by Crippen LogP contribution is 2.09. The summed E-state index contributed by atoms with van der Waals surface area (Å²) in [5.74, 6) is 0. The Balaban J connectivity index is 1.85. The number of likely N-dealkylation sites (N-methyl/N-ethyl adjacent to an activating group) is 1. The average molecular weight is 303 g/mol. The highest BCUT2D eigenvalue weighted by atomic mass is 16.5. The van der Waals surface area contributed by atoms with Crippen molar-refractivity contribution in [1.82, 2.24) is 14.7 Å². The number of hydrogen-bond donors (Lipinski definition) is 1. The van der Waals surface area contributed by atoms with Crippen molar-refractivity contribution in [3.63, 3.8) is 0 Å². The topological polar surface area (TPSA) is 50.5 Å². The molecule has 0 aliphatic heterocycles. The Kier molecular flexibility index (Phi) is 6.12. The number of ether oxygens (including phenoxy) is 1. The lowest BCUT2D eigenvalue weighted by Crippen LogP contribution is -2.32. The molecule has 0 radical (unpaired) electrons. The SMILES string of the molecule is CC(C)OCC(O)CN(C)Cc1cnn(-c2ccccc2)c1. The summed E-state index contributed by atoms with van der Waals surface area (Å²) in [7, 11) is 1.98. The van der Waals surface area contributed by atoms with Crippen molar-refractivity contribution in [3.05, 3.63) is 48.3 Å². The maximum absolute atomic E-state index is 9.94. The van der Waals surface area contributed by atoms with Gasteiger partial charge in [0.05, 0.1) is 30.7 Å². The molecule has 120 valence electrons. The van der Waals surface area contributed by atoms with Crippen LogP contribution in [0.25, 0.3) is 5.69 Å². The van der Waals surface area contributed by atoms with Crippen LogP contribution in [0.5, 0.6) is 0 Å². The van der Waals surface area contributed by atoms with E-state index in [1.54, 1.807) is 0 Å². The number of aromatic nitrogens is 2. The van der Waals surface area contributed by atoms with Crippen molar-refractivity contribution < 1.29 is 9.84 Å². The molecule has 1 N–H and O–H groups in total. The molecule has 22 heavy (non-hydrogen) atoms. The van der Waals surface area contributed by atoms with Crippen LogP contribution in [0.3, 0.4) is 0 Å². The Morgan fingerprint density at radius 3 is 2.68 bits per heavy atom. The Morgan fingerprint density at radius 1 is 1.27 bits per heavy atom. The lowest BCUT2D eigenvalue weighted by atomic mass is 10.3. The van der Waals surface area contributed by atoms with Gasteiger partial charge in [-0.1, -0.05) is 18.2 Å². The number of para-hydroxylation sites is 1. The number of hydrogen-bond acceptors (Lipinski definition) is 4. The summed E-state index contributed by atoms with van der Waals surface area (Å²) in [5, 5.41) is 14.3. The number of benzene rings is 1. The Labute approximate surface area is 132 Å². The molecular formula is C17H25N3O2. The van der Waals surface area contributed by atoms with Gasteiger partial charge in [-0.3, -0.25) is 4.90 Å². The Hall–Kier alpha value is -1.69. The molecule has 0 aliphatic rings. The molecule has 1 heterocycles. The minimum atomic E-state index is -0.475. The third-order valence-corrected chi connectivity index (χ3v) is 3.25. The van der Waals surface area contributed by atoms with Crippen molar-refractivity contribution >= 4 is 0 Å². The maximum Gasteiger partial charge on any atom is 0.0900 e. The zero-order chi connectivity index (χ0) is 15.9. The third-order valence-electron chi connectivity index (χ3n) is 3.25. The van der Waals surface area contributed by atoms with Crippen molar-refractivity contribution in [1.29, 1.82) is 0 Å². The van der Waals surface area contributed by atoms with Crippen LogP contribution in [0, 0.1) is 0 Å². The van der Waals surface area contributed by atoms with Crippen LogP contribution >= 0.6 is 0 Å². The van der Waals surface area contributed by atoms with Gasteiger partial charge in [0.25, 0.3) is 0 Å². The molecule has 1 unspecified atom stereocenters. The van der Waals surface area contributed by atoms with E-state index in [1.807, 2.05) is 68.3 Å². The van der Waals surface area contributed by atoms with Crippen LogP contribution in [0.2, 0.25) is 0 Å². The van der Waals surface area contributed by atoms with Crippen LogP contribution in [0.4, 0.5) is 0 Å². The molecule has 1 aromatic carbocycles. The van der Waals surface area contributed by atoms with Gasteiger partial charge in [-0.25, -0.2) is 4.68 Å².